The highest BCUT2D eigenvalue weighted by molar-refractivity contribution is 6.03. The Balaban J connectivity index is 1.63. The number of carbonyl (C=O) groups excluding carboxylic acids is 1. The fourth-order valence-corrected chi connectivity index (χ4v) is 3.71. The van der Waals surface area contributed by atoms with E-state index in [0.29, 0.717) is 17.6 Å². The number of pyridine rings is 1. The van der Waals surface area contributed by atoms with Gasteiger partial charge in [-0.3, -0.25) is 9.59 Å². The Bertz CT molecular complexity index is 1010. The molecule has 1 amide bonds. The number of anilines is 1. The summed E-state index contributed by atoms with van der Waals surface area (Å²) in [4.78, 5) is 25.3. The van der Waals surface area contributed by atoms with E-state index in [-0.39, 0.29) is 23.3 Å². The predicted molar refractivity (Wildman–Crippen MR) is 103 cm³/mol. The number of benzene rings is 2. The molecular weight excluding hydrogens is 326 g/mol. The largest absolute Gasteiger partial charge is 0.325 e. The molecular formula is C21H21N3O2. The van der Waals surface area contributed by atoms with E-state index in [1.807, 2.05) is 30.3 Å². The maximum atomic E-state index is 13.0. The van der Waals surface area contributed by atoms with Gasteiger partial charge in [-0.25, -0.2) is 0 Å². The van der Waals surface area contributed by atoms with Crippen molar-refractivity contribution in [2.45, 2.75) is 5.92 Å². The predicted octanol–water partition coefficient (Wildman–Crippen LogP) is 2.48. The van der Waals surface area contributed by atoms with E-state index in [2.05, 4.69) is 22.8 Å². The molecule has 0 saturated carbocycles. The number of aryl methyl sites for hydroxylation is 1. The zero-order chi connectivity index (χ0) is 18.1. The number of nitrogens with one attached hydrogen (secondary N) is 2. The van der Waals surface area contributed by atoms with Crippen LogP contribution in [0.25, 0.3) is 10.8 Å². The Morgan fingerprint density at radius 3 is 2.65 bits per heavy atom. The van der Waals surface area contributed by atoms with Gasteiger partial charge in [-0.15, -0.1) is 0 Å². The van der Waals surface area contributed by atoms with Crippen molar-refractivity contribution in [3.05, 3.63) is 76.7 Å². The van der Waals surface area contributed by atoms with Gasteiger partial charge in [0.15, 0.2) is 0 Å². The lowest BCUT2D eigenvalue weighted by Gasteiger charge is -2.19. The molecule has 3 aromatic rings. The summed E-state index contributed by atoms with van der Waals surface area (Å²) < 4.78 is 1.54. The second-order valence-corrected chi connectivity index (χ2v) is 6.77. The third kappa shape index (κ3) is 2.91. The molecule has 0 aliphatic carbocycles. The van der Waals surface area contributed by atoms with Gasteiger partial charge in [-0.1, -0.05) is 36.4 Å². The number of hydrogen-bond acceptors (Lipinski definition) is 3. The van der Waals surface area contributed by atoms with Crippen molar-refractivity contribution in [3.63, 3.8) is 0 Å². The van der Waals surface area contributed by atoms with Crippen molar-refractivity contribution in [2.75, 3.05) is 18.4 Å². The van der Waals surface area contributed by atoms with Gasteiger partial charge in [-0.2, -0.15) is 0 Å². The van der Waals surface area contributed by atoms with Crippen LogP contribution < -0.4 is 16.2 Å². The highest BCUT2D eigenvalue weighted by Gasteiger charge is 2.34. The molecule has 1 aliphatic heterocycles. The van der Waals surface area contributed by atoms with Crippen LogP contribution in [0.5, 0.6) is 0 Å². The van der Waals surface area contributed by atoms with Crippen molar-refractivity contribution < 1.29 is 4.79 Å². The molecule has 5 heteroatoms. The summed E-state index contributed by atoms with van der Waals surface area (Å²) in [5, 5.41) is 7.75. The summed E-state index contributed by atoms with van der Waals surface area (Å²) in [7, 11) is 1.72. The van der Waals surface area contributed by atoms with Crippen molar-refractivity contribution in [2.24, 2.45) is 13.0 Å². The third-order valence-electron chi connectivity index (χ3n) is 5.16. The van der Waals surface area contributed by atoms with Gasteiger partial charge in [0.25, 0.3) is 5.56 Å². The molecule has 1 fully saturated rings. The first-order chi connectivity index (χ1) is 12.6. The highest BCUT2D eigenvalue weighted by atomic mass is 16.2. The number of carbonyl (C=O) groups is 1. The summed E-state index contributed by atoms with van der Waals surface area (Å²) >= 11 is 0. The first kappa shape index (κ1) is 16.5. The first-order valence-corrected chi connectivity index (χ1v) is 8.80. The molecule has 1 aliphatic rings. The molecule has 0 bridgehead atoms. The fourth-order valence-electron chi connectivity index (χ4n) is 3.71. The second-order valence-electron chi connectivity index (χ2n) is 6.77. The van der Waals surface area contributed by atoms with E-state index in [4.69, 9.17) is 0 Å². The van der Waals surface area contributed by atoms with Gasteiger partial charge < -0.3 is 15.2 Å². The molecule has 4 rings (SSSR count). The molecule has 1 saturated heterocycles. The van der Waals surface area contributed by atoms with Crippen LogP contribution in [0.15, 0.2) is 65.6 Å². The number of amides is 1. The zero-order valence-corrected chi connectivity index (χ0v) is 14.6. The molecule has 132 valence electrons. The van der Waals surface area contributed by atoms with E-state index in [1.54, 1.807) is 29.9 Å². The minimum atomic E-state index is -0.140. The van der Waals surface area contributed by atoms with Crippen molar-refractivity contribution in [1.29, 1.82) is 0 Å². The molecule has 1 aromatic heterocycles. The van der Waals surface area contributed by atoms with Crippen LogP contribution in [0.1, 0.15) is 11.5 Å². The van der Waals surface area contributed by atoms with Gasteiger partial charge in [0.1, 0.15) is 0 Å². The zero-order valence-electron chi connectivity index (χ0n) is 14.6. The van der Waals surface area contributed by atoms with Crippen LogP contribution in [-0.2, 0) is 11.8 Å². The molecule has 2 N–H and O–H groups in total. The lowest BCUT2D eigenvalue weighted by atomic mass is 9.88. The number of nitrogens with zero attached hydrogens (tertiary/aromatic N) is 1. The van der Waals surface area contributed by atoms with Crippen LogP contribution >= 0.6 is 0 Å². The average Bonchev–Trinajstić information content (AvgIpc) is 3.16. The lowest BCUT2D eigenvalue weighted by molar-refractivity contribution is -0.119. The first-order valence-electron chi connectivity index (χ1n) is 8.80. The SMILES string of the molecule is Cn1ccc2c(NC(=O)[C@H]3CNC[C@@H]3c3ccccc3)cccc2c1=O. The van der Waals surface area contributed by atoms with Crippen LogP contribution in [-0.4, -0.2) is 23.6 Å². The molecule has 2 aromatic carbocycles. The minimum Gasteiger partial charge on any atom is -0.325 e. The monoisotopic (exact) mass is 347 g/mol. The Labute approximate surface area is 151 Å². The van der Waals surface area contributed by atoms with Gasteiger partial charge in [0.2, 0.25) is 5.91 Å². The Hall–Kier alpha value is -2.92. The second kappa shape index (κ2) is 6.77. The van der Waals surface area contributed by atoms with Crippen molar-refractivity contribution in [1.82, 2.24) is 9.88 Å². The van der Waals surface area contributed by atoms with Crippen molar-refractivity contribution >= 4 is 22.4 Å². The molecule has 0 radical (unpaired) electrons. The topological polar surface area (TPSA) is 63.1 Å². The summed E-state index contributed by atoms with van der Waals surface area (Å²) in [6.45, 7) is 1.44. The quantitative estimate of drug-likeness (QED) is 0.765. The summed E-state index contributed by atoms with van der Waals surface area (Å²) in [5.74, 6) is -0.00437. The normalized spacial score (nSPS) is 19.6. The molecule has 2 atom stereocenters. The van der Waals surface area contributed by atoms with E-state index in [1.165, 1.54) is 5.56 Å². The molecule has 2 heterocycles. The average molecular weight is 347 g/mol. The smallest absolute Gasteiger partial charge is 0.258 e. The van der Waals surface area contributed by atoms with Crippen LogP contribution in [0.3, 0.4) is 0 Å². The molecule has 26 heavy (non-hydrogen) atoms. The molecule has 0 spiro atoms. The van der Waals surface area contributed by atoms with Gasteiger partial charge in [-0.05, 0) is 23.8 Å². The maximum absolute atomic E-state index is 13.0. The number of hydrogen-bond donors (Lipinski definition) is 2. The Morgan fingerprint density at radius 1 is 1.04 bits per heavy atom. The standard InChI is InChI=1S/C21H21N3O2/c1-24-11-10-15-16(21(24)26)8-5-9-19(15)23-20(25)18-13-22-12-17(18)14-6-3-2-4-7-14/h2-11,17-18,22H,12-13H2,1H3,(H,23,25)/t17-,18+/m1/s1. The molecule has 5 nitrogen and oxygen atoms in total. The number of rotatable bonds is 3. The maximum Gasteiger partial charge on any atom is 0.258 e. The third-order valence-corrected chi connectivity index (χ3v) is 5.16. The van der Waals surface area contributed by atoms with E-state index in [0.717, 1.165) is 11.9 Å². The van der Waals surface area contributed by atoms with Gasteiger partial charge in [0.05, 0.1) is 5.92 Å². The van der Waals surface area contributed by atoms with Crippen LogP contribution in [0.4, 0.5) is 5.69 Å². The molecule has 0 unspecified atom stereocenters. The number of aromatic nitrogens is 1. The lowest BCUT2D eigenvalue weighted by Crippen LogP contribution is -2.28. The van der Waals surface area contributed by atoms with Crippen molar-refractivity contribution in [3.8, 4) is 0 Å². The van der Waals surface area contributed by atoms with E-state index in [9.17, 15) is 9.59 Å². The fraction of sp³-hybridized carbons (Fsp3) is 0.238. The van der Waals surface area contributed by atoms with E-state index >= 15 is 0 Å². The highest BCUT2D eigenvalue weighted by Crippen LogP contribution is 2.30. The van der Waals surface area contributed by atoms with Gasteiger partial charge in [0, 0.05) is 48.7 Å². The van der Waals surface area contributed by atoms with Gasteiger partial charge >= 0.3 is 0 Å². The van der Waals surface area contributed by atoms with Crippen LogP contribution in [0, 0.1) is 5.92 Å². The summed E-state index contributed by atoms with van der Waals surface area (Å²) in [6, 6.07) is 17.4. The van der Waals surface area contributed by atoms with E-state index < -0.39 is 0 Å². The minimum absolute atomic E-state index is 0.0166. The Morgan fingerprint density at radius 2 is 1.85 bits per heavy atom. The Kier molecular flexibility index (Phi) is 4.31. The van der Waals surface area contributed by atoms with Crippen LogP contribution in [0.2, 0.25) is 0 Å². The number of fused-ring (bicyclic) bond motifs is 1. The summed E-state index contributed by atoms with van der Waals surface area (Å²) in [5.41, 5.74) is 1.79. The summed E-state index contributed by atoms with van der Waals surface area (Å²) in [6.07, 6.45) is 1.73.